The van der Waals surface area contributed by atoms with E-state index in [4.69, 9.17) is 0 Å². The Morgan fingerprint density at radius 1 is 1.32 bits per heavy atom. The van der Waals surface area contributed by atoms with Crippen LogP contribution in [-0.2, 0) is 4.79 Å². The van der Waals surface area contributed by atoms with Crippen molar-refractivity contribution < 1.29 is 9.59 Å². The van der Waals surface area contributed by atoms with Crippen molar-refractivity contribution in [3.8, 4) is 0 Å². The van der Waals surface area contributed by atoms with Gasteiger partial charge in [0.25, 0.3) is 5.91 Å². The van der Waals surface area contributed by atoms with Gasteiger partial charge in [0, 0.05) is 23.2 Å². The van der Waals surface area contributed by atoms with Crippen LogP contribution in [0.3, 0.4) is 0 Å². The normalized spacial score (nSPS) is 14.5. The molecule has 1 saturated heterocycles. The summed E-state index contributed by atoms with van der Waals surface area (Å²) in [7, 11) is 0. The smallest absolute Gasteiger partial charge is 0.263 e. The van der Waals surface area contributed by atoms with Crippen molar-refractivity contribution in [1.82, 2.24) is 4.90 Å². The van der Waals surface area contributed by atoms with Gasteiger partial charge in [-0.1, -0.05) is 22.0 Å². The molecule has 0 atom stereocenters. The van der Waals surface area contributed by atoms with Crippen molar-refractivity contribution in [3.05, 3.63) is 50.6 Å². The maximum absolute atomic E-state index is 12.2. The molecule has 1 aromatic carbocycles. The van der Waals surface area contributed by atoms with Crippen LogP contribution < -0.4 is 5.32 Å². The van der Waals surface area contributed by atoms with E-state index in [2.05, 4.69) is 21.2 Å². The fourth-order valence-corrected chi connectivity index (χ4v) is 3.27. The number of rotatable bonds is 3. The summed E-state index contributed by atoms with van der Waals surface area (Å²) < 4.78 is 1.02. The molecule has 3 rings (SSSR count). The van der Waals surface area contributed by atoms with Crippen LogP contribution in [0.5, 0.6) is 0 Å². The van der Waals surface area contributed by atoms with Gasteiger partial charge in [-0.05, 0) is 42.1 Å². The summed E-state index contributed by atoms with van der Waals surface area (Å²) in [5.74, 6) is -0.150. The van der Waals surface area contributed by atoms with Crippen molar-refractivity contribution >= 4 is 44.8 Å². The Bertz CT molecular complexity index is 709. The molecular weight excluding hydrogens is 364 g/mol. The molecule has 4 nitrogen and oxygen atoms in total. The molecule has 1 aliphatic heterocycles. The molecule has 0 spiro atoms. The molecule has 0 radical (unpaired) electrons. The lowest BCUT2D eigenvalue weighted by Crippen LogP contribution is -2.54. The molecule has 1 N–H and O–H groups in total. The van der Waals surface area contributed by atoms with Gasteiger partial charge in [-0.3, -0.25) is 9.59 Å². The molecule has 0 bridgehead atoms. The van der Waals surface area contributed by atoms with Gasteiger partial charge >= 0.3 is 0 Å². The Balaban J connectivity index is 1.55. The van der Waals surface area contributed by atoms with E-state index in [1.54, 1.807) is 4.90 Å². The summed E-state index contributed by atoms with van der Waals surface area (Å²) in [5.41, 5.74) is 1.86. The van der Waals surface area contributed by atoms with Crippen LogP contribution in [-0.4, -0.2) is 29.8 Å². The van der Waals surface area contributed by atoms with Crippen LogP contribution in [0.15, 0.2) is 40.2 Å². The lowest BCUT2D eigenvalue weighted by Gasteiger charge is -2.37. The number of hydrogen-bond acceptors (Lipinski definition) is 3. The fraction of sp³-hybridized carbons (Fsp3) is 0.250. The maximum Gasteiger partial charge on any atom is 0.263 e. The molecule has 114 valence electrons. The quantitative estimate of drug-likeness (QED) is 0.887. The van der Waals surface area contributed by atoms with Gasteiger partial charge in [0.1, 0.15) is 0 Å². The van der Waals surface area contributed by atoms with E-state index >= 15 is 0 Å². The second-order valence-corrected chi connectivity index (χ2v) is 7.14. The van der Waals surface area contributed by atoms with Gasteiger partial charge in [-0.25, -0.2) is 0 Å². The number of carbonyl (C=O) groups is 2. The summed E-state index contributed by atoms with van der Waals surface area (Å²) in [6.45, 7) is 2.95. The number of aryl methyl sites for hydroxylation is 1. The predicted molar refractivity (Wildman–Crippen MR) is 91.2 cm³/mol. The Labute approximate surface area is 141 Å². The molecule has 6 heteroatoms. The van der Waals surface area contributed by atoms with Gasteiger partial charge in [0.05, 0.1) is 10.8 Å². The van der Waals surface area contributed by atoms with Crippen molar-refractivity contribution in [3.63, 3.8) is 0 Å². The highest BCUT2D eigenvalue weighted by Crippen LogP contribution is 2.24. The lowest BCUT2D eigenvalue weighted by atomic mass is 9.98. The molecular formula is C16H15BrN2O2S. The number of benzene rings is 1. The molecule has 2 aromatic rings. The van der Waals surface area contributed by atoms with Gasteiger partial charge in [-0.15, -0.1) is 11.3 Å². The van der Waals surface area contributed by atoms with Crippen LogP contribution in [0.2, 0.25) is 0 Å². The molecule has 1 aromatic heterocycles. The van der Waals surface area contributed by atoms with Crippen LogP contribution in [0, 0.1) is 12.8 Å². The lowest BCUT2D eigenvalue weighted by molar-refractivity contribution is -0.123. The Morgan fingerprint density at radius 3 is 2.73 bits per heavy atom. The minimum atomic E-state index is -0.132. The summed E-state index contributed by atoms with van der Waals surface area (Å²) in [4.78, 5) is 26.7. The second kappa shape index (κ2) is 6.22. The van der Waals surface area contributed by atoms with Gasteiger partial charge in [-0.2, -0.15) is 0 Å². The third-order valence-corrected chi connectivity index (χ3v) is 5.44. The number of thiophene rings is 1. The zero-order valence-corrected chi connectivity index (χ0v) is 14.4. The summed E-state index contributed by atoms with van der Waals surface area (Å²) in [6.07, 6.45) is 0. The first-order chi connectivity index (χ1) is 10.5. The average Bonchev–Trinajstić information content (AvgIpc) is 2.95. The predicted octanol–water partition coefficient (Wildman–Crippen LogP) is 3.53. The minimum Gasteiger partial charge on any atom is -0.336 e. The fourth-order valence-electron chi connectivity index (χ4n) is 2.33. The SMILES string of the molecule is Cc1cc(NC(=O)C2CN(C(=O)c3cccs3)C2)ccc1Br. The number of nitrogens with one attached hydrogen (secondary N) is 1. The number of nitrogens with zero attached hydrogens (tertiary/aromatic N) is 1. The average molecular weight is 379 g/mol. The molecule has 2 heterocycles. The van der Waals surface area contributed by atoms with Crippen molar-refractivity contribution in [1.29, 1.82) is 0 Å². The molecule has 0 saturated carbocycles. The first-order valence-corrected chi connectivity index (χ1v) is 8.61. The maximum atomic E-state index is 12.2. The number of carbonyl (C=O) groups excluding carboxylic acids is 2. The second-order valence-electron chi connectivity index (χ2n) is 5.34. The molecule has 1 fully saturated rings. The van der Waals surface area contributed by atoms with E-state index in [0.29, 0.717) is 13.1 Å². The van der Waals surface area contributed by atoms with Crippen molar-refractivity contribution in [2.24, 2.45) is 5.92 Å². The molecule has 0 aliphatic carbocycles. The van der Waals surface area contributed by atoms with E-state index in [-0.39, 0.29) is 17.7 Å². The topological polar surface area (TPSA) is 49.4 Å². The number of hydrogen-bond donors (Lipinski definition) is 1. The highest BCUT2D eigenvalue weighted by atomic mass is 79.9. The largest absolute Gasteiger partial charge is 0.336 e. The summed E-state index contributed by atoms with van der Waals surface area (Å²) >= 11 is 4.86. The van der Waals surface area contributed by atoms with Crippen LogP contribution in [0.4, 0.5) is 5.69 Å². The highest BCUT2D eigenvalue weighted by molar-refractivity contribution is 9.10. The number of anilines is 1. The Kier molecular flexibility index (Phi) is 4.31. The van der Waals surface area contributed by atoms with Crippen molar-refractivity contribution in [2.45, 2.75) is 6.92 Å². The summed E-state index contributed by atoms with van der Waals surface area (Å²) in [6, 6.07) is 9.37. The van der Waals surface area contributed by atoms with E-state index in [1.807, 2.05) is 42.6 Å². The zero-order chi connectivity index (χ0) is 15.7. The Morgan fingerprint density at radius 2 is 2.09 bits per heavy atom. The van der Waals surface area contributed by atoms with E-state index in [0.717, 1.165) is 20.6 Å². The number of likely N-dealkylation sites (tertiary alicyclic amines) is 1. The van der Waals surface area contributed by atoms with Gasteiger partial charge in [0.15, 0.2) is 0 Å². The first kappa shape index (κ1) is 15.2. The van der Waals surface area contributed by atoms with Gasteiger partial charge < -0.3 is 10.2 Å². The molecule has 22 heavy (non-hydrogen) atoms. The zero-order valence-electron chi connectivity index (χ0n) is 12.0. The molecule has 0 unspecified atom stereocenters. The number of halogens is 1. The van der Waals surface area contributed by atoms with Crippen LogP contribution in [0.25, 0.3) is 0 Å². The highest BCUT2D eigenvalue weighted by Gasteiger charge is 2.36. The van der Waals surface area contributed by atoms with Gasteiger partial charge in [0.2, 0.25) is 5.91 Å². The first-order valence-electron chi connectivity index (χ1n) is 6.94. The summed E-state index contributed by atoms with van der Waals surface area (Å²) in [5, 5.41) is 4.79. The number of amides is 2. The van der Waals surface area contributed by atoms with Crippen LogP contribution in [0.1, 0.15) is 15.2 Å². The monoisotopic (exact) mass is 378 g/mol. The van der Waals surface area contributed by atoms with Crippen molar-refractivity contribution in [2.75, 3.05) is 18.4 Å². The van der Waals surface area contributed by atoms with E-state index in [1.165, 1.54) is 11.3 Å². The van der Waals surface area contributed by atoms with E-state index < -0.39 is 0 Å². The Hall–Kier alpha value is -1.66. The minimum absolute atomic E-state index is 0.0125. The van der Waals surface area contributed by atoms with E-state index in [9.17, 15) is 9.59 Å². The molecule has 2 amide bonds. The third-order valence-electron chi connectivity index (χ3n) is 3.70. The molecule has 1 aliphatic rings. The van der Waals surface area contributed by atoms with Crippen LogP contribution >= 0.6 is 27.3 Å². The third kappa shape index (κ3) is 3.08. The standard InChI is InChI=1S/C16H15BrN2O2S/c1-10-7-12(4-5-13(10)17)18-15(20)11-8-19(9-11)16(21)14-3-2-6-22-14/h2-7,11H,8-9H2,1H3,(H,18,20).